The summed E-state index contributed by atoms with van der Waals surface area (Å²) in [6, 6.07) is 4.73. The van der Waals surface area contributed by atoms with E-state index in [4.69, 9.17) is 4.74 Å². The molecule has 192 valence electrons. The smallest absolute Gasteiger partial charge is 0.247 e. The second kappa shape index (κ2) is 10.0. The summed E-state index contributed by atoms with van der Waals surface area (Å²) in [5, 5.41) is -1.31. The van der Waals surface area contributed by atoms with Gasteiger partial charge < -0.3 is 4.74 Å². The second-order valence-corrected chi connectivity index (χ2v) is 12.1. The van der Waals surface area contributed by atoms with Crippen LogP contribution < -0.4 is 9.46 Å². The van der Waals surface area contributed by atoms with Gasteiger partial charge in [0.05, 0.1) is 16.5 Å². The molecule has 1 N–H and O–H groups in total. The number of benzene rings is 1. The van der Waals surface area contributed by atoms with Crippen LogP contribution in [0.3, 0.4) is 0 Å². The molecule has 0 saturated heterocycles. The Morgan fingerprint density at radius 3 is 2.39 bits per heavy atom. The molecule has 0 unspecified atom stereocenters. The summed E-state index contributed by atoms with van der Waals surface area (Å²) in [4.78, 5) is 11.5. The predicted molar refractivity (Wildman–Crippen MR) is 124 cm³/mol. The Kier molecular flexibility index (Phi) is 7.18. The molecule has 2 heterocycles. The second-order valence-electron chi connectivity index (χ2n) is 8.22. The third-order valence-corrected chi connectivity index (χ3v) is 8.28. The number of hydrogen-bond donors (Lipinski definition) is 1. The van der Waals surface area contributed by atoms with Crippen molar-refractivity contribution < 1.29 is 34.7 Å². The number of halogens is 3. The lowest BCUT2D eigenvalue weighted by molar-refractivity contribution is 0.401. The van der Waals surface area contributed by atoms with Crippen LogP contribution in [0.15, 0.2) is 41.8 Å². The van der Waals surface area contributed by atoms with Crippen molar-refractivity contribution in [2.24, 2.45) is 0 Å². The van der Waals surface area contributed by atoms with E-state index in [1.54, 1.807) is 0 Å². The number of ether oxygens (including phenoxy) is 1. The Labute approximate surface area is 205 Å². The van der Waals surface area contributed by atoms with Gasteiger partial charge in [0.1, 0.15) is 5.69 Å². The number of nitrogens with one attached hydrogen (secondary N) is 1. The average molecular weight is 543 g/mol. The van der Waals surface area contributed by atoms with Crippen LogP contribution in [0.1, 0.15) is 32.1 Å². The van der Waals surface area contributed by atoms with Crippen LogP contribution in [0, 0.1) is 17.5 Å². The number of sulfone groups is 1. The van der Waals surface area contributed by atoms with Crippen LogP contribution in [0.25, 0.3) is 11.3 Å². The zero-order valence-electron chi connectivity index (χ0n) is 18.9. The van der Waals surface area contributed by atoms with Gasteiger partial charge in [-0.3, -0.25) is 4.72 Å². The molecule has 1 aliphatic rings. The van der Waals surface area contributed by atoms with Crippen LogP contribution in [-0.2, 0) is 19.9 Å². The molecule has 0 amide bonds. The molecule has 1 aromatic carbocycles. The van der Waals surface area contributed by atoms with Gasteiger partial charge in [-0.15, -0.1) is 0 Å². The van der Waals surface area contributed by atoms with E-state index in [1.807, 2.05) is 4.72 Å². The minimum atomic E-state index is -4.14. The van der Waals surface area contributed by atoms with Gasteiger partial charge >= 0.3 is 0 Å². The van der Waals surface area contributed by atoms with Crippen molar-refractivity contribution in [2.75, 3.05) is 11.0 Å². The van der Waals surface area contributed by atoms with E-state index >= 15 is 0 Å². The molecule has 3 aromatic rings. The first kappa shape index (κ1) is 25.8. The Morgan fingerprint density at radius 1 is 0.972 bits per heavy atom. The fraction of sp³-hybridized carbons (Fsp3) is 0.318. The number of sulfonamides is 1. The molecule has 1 fully saturated rings. The van der Waals surface area contributed by atoms with E-state index in [-0.39, 0.29) is 17.1 Å². The standard InChI is InChI=1S/C22H21F3N4O5S2/c1-35(30,31)22-27-11-9-16(28-22)14-8-5-10-26-21(14)34-17-12-15(23)20(19(25)18(17)24)29-36(32,33)13-6-3-2-4-7-13/h5,8-13,29H,2-4,6-7H2,1H3. The van der Waals surface area contributed by atoms with Gasteiger partial charge in [-0.1, -0.05) is 19.3 Å². The normalized spacial score (nSPS) is 15.0. The zero-order valence-corrected chi connectivity index (χ0v) is 20.5. The third-order valence-electron chi connectivity index (χ3n) is 5.58. The van der Waals surface area contributed by atoms with Crippen molar-refractivity contribution in [2.45, 2.75) is 42.5 Å². The minimum Gasteiger partial charge on any atom is -0.435 e. The molecule has 0 atom stereocenters. The highest BCUT2D eigenvalue weighted by Crippen LogP contribution is 2.36. The fourth-order valence-electron chi connectivity index (χ4n) is 3.78. The molecular weight excluding hydrogens is 521 g/mol. The molecule has 9 nitrogen and oxygen atoms in total. The summed E-state index contributed by atoms with van der Waals surface area (Å²) < 4.78 is 100. The summed E-state index contributed by atoms with van der Waals surface area (Å²) in [5.74, 6) is -6.04. The molecule has 0 spiro atoms. The third kappa shape index (κ3) is 5.43. The molecule has 1 saturated carbocycles. The van der Waals surface area contributed by atoms with Crippen molar-refractivity contribution in [1.29, 1.82) is 0 Å². The van der Waals surface area contributed by atoms with Crippen LogP contribution in [0.2, 0.25) is 0 Å². The van der Waals surface area contributed by atoms with Crippen molar-refractivity contribution in [3.63, 3.8) is 0 Å². The highest BCUT2D eigenvalue weighted by molar-refractivity contribution is 7.93. The molecule has 0 radical (unpaired) electrons. The first-order chi connectivity index (χ1) is 17.0. The lowest BCUT2D eigenvalue weighted by Crippen LogP contribution is -2.30. The fourth-order valence-corrected chi connectivity index (χ4v) is 5.89. The van der Waals surface area contributed by atoms with Crippen LogP contribution in [0.4, 0.5) is 18.9 Å². The number of rotatable bonds is 7. The summed E-state index contributed by atoms with van der Waals surface area (Å²) in [6.07, 6.45) is 6.25. The predicted octanol–water partition coefficient (Wildman–Crippen LogP) is 4.23. The van der Waals surface area contributed by atoms with Crippen LogP contribution in [-0.4, -0.2) is 43.3 Å². The zero-order chi connectivity index (χ0) is 26.1. The summed E-state index contributed by atoms with van der Waals surface area (Å²) in [6.45, 7) is 0. The van der Waals surface area contributed by atoms with E-state index in [9.17, 15) is 30.0 Å². The SMILES string of the molecule is CS(=O)(=O)c1nccc(-c2cccnc2Oc2cc(F)c(NS(=O)(=O)C3CCCCC3)c(F)c2F)n1. The van der Waals surface area contributed by atoms with E-state index in [0.29, 0.717) is 31.7 Å². The first-order valence-electron chi connectivity index (χ1n) is 10.8. The highest BCUT2D eigenvalue weighted by atomic mass is 32.2. The number of anilines is 1. The van der Waals surface area contributed by atoms with Gasteiger partial charge in [-0.05, 0) is 31.0 Å². The van der Waals surface area contributed by atoms with Gasteiger partial charge in [0.15, 0.2) is 17.4 Å². The summed E-state index contributed by atoms with van der Waals surface area (Å²) >= 11 is 0. The molecule has 36 heavy (non-hydrogen) atoms. The van der Waals surface area contributed by atoms with E-state index in [2.05, 4.69) is 15.0 Å². The summed E-state index contributed by atoms with van der Waals surface area (Å²) in [7, 11) is -7.89. The first-order valence-corrected chi connectivity index (χ1v) is 14.3. The molecule has 2 aromatic heterocycles. The lowest BCUT2D eigenvalue weighted by atomic mass is 10.0. The Bertz CT molecular complexity index is 1510. The van der Waals surface area contributed by atoms with Crippen molar-refractivity contribution >= 4 is 25.5 Å². The Hall–Kier alpha value is -3.26. The van der Waals surface area contributed by atoms with Gasteiger partial charge in [-0.25, -0.2) is 40.6 Å². The largest absolute Gasteiger partial charge is 0.435 e. The average Bonchev–Trinajstić information content (AvgIpc) is 2.85. The van der Waals surface area contributed by atoms with E-state index in [0.717, 1.165) is 12.7 Å². The number of pyridine rings is 1. The minimum absolute atomic E-state index is 0.0479. The van der Waals surface area contributed by atoms with E-state index in [1.165, 1.54) is 30.6 Å². The van der Waals surface area contributed by atoms with Gasteiger partial charge in [0.2, 0.25) is 36.7 Å². The maximum atomic E-state index is 14.9. The summed E-state index contributed by atoms with van der Waals surface area (Å²) in [5.41, 5.74) is -1.00. The van der Waals surface area contributed by atoms with Crippen molar-refractivity contribution in [3.05, 3.63) is 54.1 Å². The number of aromatic nitrogens is 3. The Balaban J connectivity index is 1.67. The molecule has 4 rings (SSSR count). The molecule has 14 heteroatoms. The van der Waals surface area contributed by atoms with Crippen LogP contribution in [0.5, 0.6) is 11.6 Å². The maximum absolute atomic E-state index is 14.9. The number of nitrogens with zero attached hydrogens (tertiary/aromatic N) is 3. The van der Waals surface area contributed by atoms with Gasteiger partial charge in [0, 0.05) is 24.7 Å². The quantitative estimate of drug-likeness (QED) is 0.347. The van der Waals surface area contributed by atoms with E-state index < -0.39 is 59.2 Å². The monoisotopic (exact) mass is 542 g/mol. The maximum Gasteiger partial charge on any atom is 0.247 e. The topological polar surface area (TPSA) is 128 Å². The molecule has 0 aliphatic heterocycles. The number of hydrogen-bond acceptors (Lipinski definition) is 8. The highest BCUT2D eigenvalue weighted by Gasteiger charge is 2.31. The van der Waals surface area contributed by atoms with Crippen molar-refractivity contribution in [1.82, 2.24) is 15.0 Å². The molecule has 1 aliphatic carbocycles. The Morgan fingerprint density at radius 2 is 1.69 bits per heavy atom. The van der Waals surface area contributed by atoms with Gasteiger partial charge in [-0.2, -0.15) is 4.39 Å². The lowest BCUT2D eigenvalue weighted by Gasteiger charge is -2.23. The molecular formula is C22H21F3N4O5S2. The van der Waals surface area contributed by atoms with Crippen LogP contribution >= 0.6 is 0 Å². The van der Waals surface area contributed by atoms with Crippen molar-refractivity contribution in [3.8, 4) is 22.9 Å². The molecule has 0 bridgehead atoms. The van der Waals surface area contributed by atoms with Gasteiger partial charge in [0.25, 0.3) is 0 Å².